The molecule has 0 aromatic carbocycles. The lowest BCUT2D eigenvalue weighted by atomic mass is 10.1. The number of carbonyl (C=O) groups excluding carboxylic acids is 2. The molecule has 2 aliphatic heterocycles. The minimum absolute atomic E-state index is 0.0888. The van der Waals surface area contributed by atoms with Gasteiger partial charge in [0, 0.05) is 44.7 Å². The fourth-order valence-corrected chi connectivity index (χ4v) is 3.67. The number of hydrogen-bond donors (Lipinski definition) is 0. The molecule has 0 unspecified atom stereocenters. The van der Waals surface area contributed by atoms with Crippen molar-refractivity contribution in [1.29, 1.82) is 0 Å². The van der Waals surface area contributed by atoms with Crippen LogP contribution in [0.2, 0.25) is 0 Å². The highest BCUT2D eigenvalue weighted by Gasteiger charge is 2.29. The molecule has 0 radical (unpaired) electrons. The first-order chi connectivity index (χ1) is 12.6. The Kier molecular flexibility index (Phi) is 4.48. The van der Waals surface area contributed by atoms with E-state index in [1.54, 1.807) is 15.9 Å². The van der Waals surface area contributed by atoms with Crippen molar-refractivity contribution in [3.63, 3.8) is 0 Å². The summed E-state index contributed by atoms with van der Waals surface area (Å²) in [5.74, 6) is 1.52. The Hall–Kier alpha value is -2.64. The predicted octanol–water partition coefficient (Wildman–Crippen LogP) is 1.50. The molecule has 26 heavy (non-hydrogen) atoms. The van der Waals surface area contributed by atoms with Crippen LogP contribution in [0.4, 0.5) is 0 Å². The molecule has 0 aliphatic carbocycles. The van der Waals surface area contributed by atoms with Gasteiger partial charge in [0.15, 0.2) is 5.76 Å². The Labute approximate surface area is 151 Å². The van der Waals surface area contributed by atoms with Crippen molar-refractivity contribution in [2.24, 2.45) is 0 Å². The summed E-state index contributed by atoms with van der Waals surface area (Å²) in [6.07, 6.45) is 5.29. The third-order valence-electron chi connectivity index (χ3n) is 5.18. The molecular weight excluding hydrogens is 334 g/mol. The zero-order valence-corrected chi connectivity index (χ0v) is 15.0. The molecule has 1 saturated heterocycles. The summed E-state index contributed by atoms with van der Waals surface area (Å²) in [5.41, 5.74) is 0.835. The molecule has 2 aliphatic rings. The fraction of sp³-hybridized carbons (Fsp3) is 0.556. The Bertz CT molecular complexity index is 825. The van der Waals surface area contributed by atoms with E-state index in [9.17, 15) is 9.59 Å². The van der Waals surface area contributed by atoms with Crippen LogP contribution < -0.4 is 0 Å². The zero-order valence-electron chi connectivity index (χ0n) is 15.0. The Morgan fingerprint density at radius 1 is 0.962 bits per heavy atom. The van der Waals surface area contributed by atoms with Gasteiger partial charge in [-0.1, -0.05) is 0 Å². The molecule has 0 saturated carbocycles. The molecular formula is C18H23N5O3. The van der Waals surface area contributed by atoms with Gasteiger partial charge in [-0.15, -0.1) is 10.2 Å². The Morgan fingerprint density at radius 2 is 1.73 bits per heavy atom. The van der Waals surface area contributed by atoms with Gasteiger partial charge >= 0.3 is 0 Å². The molecule has 2 aromatic rings. The van der Waals surface area contributed by atoms with Gasteiger partial charge in [-0.2, -0.15) is 0 Å². The standard InChI is InChI=1S/C18H23N5O3/c1-13-6-12-26-15(13)17(24)21-7-4-8-22(11-10-21)18(25)16-20-19-14-5-2-3-9-23(14)16/h6,12H,2-5,7-11H2,1H3. The second kappa shape index (κ2) is 6.93. The number of hydrogen-bond acceptors (Lipinski definition) is 5. The summed E-state index contributed by atoms with van der Waals surface area (Å²) in [6.45, 7) is 4.87. The van der Waals surface area contributed by atoms with Crippen LogP contribution in [0.3, 0.4) is 0 Å². The first-order valence-corrected chi connectivity index (χ1v) is 9.20. The number of furan rings is 1. The average Bonchev–Trinajstić information content (AvgIpc) is 3.19. The third kappa shape index (κ3) is 3.00. The van der Waals surface area contributed by atoms with Crippen LogP contribution in [0.5, 0.6) is 0 Å². The van der Waals surface area contributed by atoms with Crippen molar-refractivity contribution in [1.82, 2.24) is 24.6 Å². The molecule has 4 rings (SSSR count). The van der Waals surface area contributed by atoms with Crippen LogP contribution in [0.25, 0.3) is 0 Å². The molecule has 8 heteroatoms. The van der Waals surface area contributed by atoms with Crippen LogP contribution in [0.1, 0.15) is 51.8 Å². The summed E-state index contributed by atoms with van der Waals surface area (Å²) in [6, 6.07) is 1.79. The SMILES string of the molecule is Cc1ccoc1C(=O)N1CCCN(C(=O)c2nnc3n2CCCC3)CC1. The summed E-state index contributed by atoms with van der Waals surface area (Å²) < 4.78 is 7.27. The predicted molar refractivity (Wildman–Crippen MR) is 92.8 cm³/mol. The number of rotatable bonds is 2. The van der Waals surface area contributed by atoms with E-state index in [4.69, 9.17) is 4.42 Å². The molecule has 0 N–H and O–H groups in total. The van der Waals surface area contributed by atoms with Gasteiger partial charge in [-0.25, -0.2) is 0 Å². The van der Waals surface area contributed by atoms with E-state index >= 15 is 0 Å². The normalized spacial score (nSPS) is 17.7. The molecule has 1 fully saturated rings. The number of amides is 2. The van der Waals surface area contributed by atoms with Crippen molar-refractivity contribution in [2.75, 3.05) is 26.2 Å². The molecule has 0 spiro atoms. The number of carbonyl (C=O) groups is 2. The first kappa shape index (κ1) is 16.8. The molecule has 2 amide bonds. The van der Waals surface area contributed by atoms with Gasteiger partial charge < -0.3 is 18.8 Å². The maximum Gasteiger partial charge on any atom is 0.291 e. The topological polar surface area (TPSA) is 84.5 Å². The largest absolute Gasteiger partial charge is 0.459 e. The van der Waals surface area contributed by atoms with Crippen LogP contribution in [-0.2, 0) is 13.0 Å². The lowest BCUT2D eigenvalue weighted by Gasteiger charge is -2.22. The molecule has 0 bridgehead atoms. The second-order valence-corrected chi connectivity index (χ2v) is 6.92. The molecule has 8 nitrogen and oxygen atoms in total. The Morgan fingerprint density at radius 3 is 2.46 bits per heavy atom. The number of nitrogens with zero attached hydrogens (tertiary/aromatic N) is 5. The van der Waals surface area contributed by atoms with Crippen molar-refractivity contribution >= 4 is 11.8 Å². The van der Waals surface area contributed by atoms with Gasteiger partial charge in [0.1, 0.15) is 5.82 Å². The first-order valence-electron chi connectivity index (χ1n) is 9.20. The average molecular weight is 357 g/mol. The summed E-state index contributed by atoms with van der Waals surface area (Å²) in [5, 5.41) is 8.31. The number of aromatic nitrogens is 3. The van der Waals surface area contributed by atoms with Gasteiger partial charge in [0.2, 0.25) is 5.82 Å². The monoisotopic (exact) mass is 357 g/mol. The highest BCUT2D eigenvalue weighted by Crippen LogP contribution is 2.18. The highest BCUT2D eigenvalue weighted by atomic mass is 16.3. The fourth-order valence-electron chi connectivity index (χ4n) is 3.67. The van der Waals surface area contributed by atoms with Crippen LogP contribution in [-0.4, -0.2) is 62.6 Å². The van der Waals surface area contributed by atoms with E-state index in [1.807, 2.05) is 11.5 Å². The molecule has 4 heterocycles. The summed E-state index contributed by atoms with van der Waals surface area (Å²) in [7, 11) is 0. The maximum atomic E-state index is 12.9. The molecule has 138 valence electrons. The highest BCUT2D eigenvalue weighted by molar-refractivity contribution is 5.93. The van der Waals surface area contributed by atoms with E-state index in [0.29, 0.717) is 37.8 Å². The van der Waals surface area contributed by atoms with Crippen LogP contribution >= 0.6 is 0 Å². The van der Waals surface area contributed by atoms with Gasteiger partial charge in [-0.3, -0.25) is 9.59 Å². The zero-order chi connectivity index (χ0) is 18.1. The van der Waals surface area contributed by atoms with Crippen molar-refractivity contribution in [3.8, 4) is 0 Å². The van der Waals surface area contributed by atoms with E-state index in [0.717, 1.165) is 43.6 Å². The smallest absolute Gasteiger partial charge is 0.291 e. The Balaban J connectivity index is 1.45. The van der Waals surface area contributed by atoms with Crippen molar-refractivity contribution < 1.29 is 14.0 Å². The van der Waals surface area contributed by atoms with Gasteiger partial charge in [0.05, 0.1) is 6.26 Å². The lowest BCUT2D eigenvalue weighted by molar-refractivity contribution is 0.0692. The van der Waals surface area contributed by atoms with E-state index in [-0.39, 0.29) is 11.8 Å². The summed E-state index contributed by atoms with van der Waals surface area (Å²) in [4.78, 5) is 29.1. The van der Waals surface area contributed by atoms with E-state index in [1.165, 1.54) is 6.26 Å². The van der Waals surface area contributed by atoms with Crippen molar-refractivity contribution in [3.05, 3.63) is 35.3 Å². The number of aryl methyl sites for hydroxylation is 2. The minimum atomic E-state index is -0.110. The minimum Gasteiger partial charge on any atom is -0.459 e. The molecule has 2 aromatic heterocycles. The van der Waals surface area contributed by atoms with E-state index < -0.39 is 0 Å². The molecule has 0 atom stereocenters. The quantitative estimate of drug-likeness (QED) is 0.813. The summed E-state index contributed by atoms with van der Waals surface area (Å²) >= 11 is 0. The second-order valence-electron chi connectivity index (χ2n) is 6.92. The van der Waals surface area contributed by atoms with Crippen LogP contribution in [0, 0.1) is 6.92 Å². The van der Waals surface area contributed by atoms with Gasteiger partial charge in [0.25, 0.3) is 11.8 Å². The maximum absolute atomic E-state index is 12.9. The number of fused-ring (bicyclic) bond motifs is 1. The van der Waals surface area contributed by atoms with Crippen LogP contribution in [0.15, 0.2) is 16.7 Å². The van der Waals surface area contributed by atoms with Crippen molar-refractivity contribution in [2.45, 2.75) is 39.2 Å². The van der Waals surface area contributed by atoms with Gasteiger partial charge in [-0.05, 0) is 32.3 Å². The lowest BCUT2D eigenvalue weighted by Crippen LogP contribution is -2.38. The van der Waals surface area contributed by atoms with E-state index in [2.05, 4.69) is 10.2 Å². The third-order valence-corrected chi connectivity index (χ3v) is 5.18.